The van der Waals surface area contributed by atoms with E-state index < -0.39 is 17.6 Å². The second kappa shape index (κ2) is 7.37. The lowest BCUT2D eigenvalue weighted by Crippen LogP contribution is -2.29. The van der Waals surface area contributed by atoms with E-state index in [1.54, 1.807) is 24.3 Å². The van der Waals surface area contributed by atoms with Crippen LogP contribution < -0.4 is 10.6 Å². The number of anilines is 1. The number of rotatable bonds is 5. The van der Waals surface area contributed by atoms with Crippen LogP contribution in [0.2, 0.25) is 5.02 Å². The van der Waals surface area contributed by atoms with Gasteiger partial charge in [-0.3, -0.25) is 4.79 Å². The van der Waals surface area contributed by atoms with Gasteiger partial charge in [0, 0.05) is 17.3 Å². The van der Waals surface area contributed by atoms with Crippen LogP contribution in [0.4, 0.5) is 18.9 Å². The minimum absolute atomic E-state index is 0.123. The van der Waals surface area contributed by atoms with Gasteiger partial charge < -0.3 is 10.6 Å². The Kier molecular flexibility index (Phi) is 5.50. The summed E-state index contributed by atoms with van der Waals surface area (Å²) in [6.07, 6.45) is -4.47. The first-order valence-electron chi connectivity index (χ1n) is 6.77. The van der Waals surface area contributed by atoms with E-state index in [0.717, 1.165) is 11.6 Å². The van der Waals surface area contributed by atoms with Crippen molar-refractivity contribution < 1.29 is 18.0 Å². The number of hydrogen-bond acceptors (Lipinski definition) is 2. The molecule has 0 heterocycles. The van der Waals surface area contributed by atoms with E-state index in [9.17, 15) is 18.0 Å². The average molecular weight is 343 g/mol. The quantitative estimate of drug-likeness (QED) is 0.859. The SMILES string of the molecule is O=C(CNc1ccccc1C(F)(F)F)NCc1ccc(Cl)cc1. The molecule has 1 amide bonds. The van der Waals surface area contributed by atoms with Crippen LogP contribution in [0, 0.1) is 0 Å². The highest BCUT2D eigenvalue weighted by atomic mass is 35.5. The summed E-state index contributed by atoms with van der Waals surface area (Å²) >= 11 is 5.75. The minimum Gasteiger partial charge on any atom is -0.376 e. The van der Waals surface area contributed by atoms with Gasteiger partial charge in [0.1, 0.15) is 0 Å². The molecule has 2 N–H and O–H groups in total. The highest BCUT2D eigenvalue weighted by Crippen LogP contribution is 2.34. The maximum Gasteiger partial charge on any atom is 0.418 e. The maximum atomic E-state index is 12.8. The lowest BCUT2D eigenvalue weighted by Gasteiger charge is -2.14. The molecule has 0 saturated heterocycles. The molecular formula is C16H14ClF3N2O. The van der Waals surface area contributed by atoms with Crippen molar-refractivity contribution >= 4 is 23.2 Å². The summed E-state index contributed by atoms with van der Waals surface area (Å²) in [5.74, 6) is -0.406. The molecule has 0 aliphatic rings. The van der Waals surface area contributed by atoms with Crippen LogP contribution in [0.25, 0.3) is 0 Å². The van der Waals surface area contributed by atoms with Crippen molar-refractivity contribution in [3.8, 4) is 0 Å². The van der Waals surface area contributed by atoms with Crippen LogP contribution in [-0.2, 0) is 17.5 Å². The van der Waals surface area contributed by atoms with Crippen molar-refractivity contribution in [3.05, 3.63) is 64.7 Å². The van der Waals surface area contributed by atoms with Crippen LogP contribution in [0.15, 0.2) is 48.5 Å². The Balaban J connectivity index is 1.89. The Morgan fingerprint density at radius 1 is 1.04 bits per heavy atom. The normalized spacial score (nSPS) is 11.1. The Bertz CT molecular complexity index is 672. The molecule has 0 aromatic heterocycles. The summed E-state index contributed by atoms with van der Waals surface area (Å²) in [5.41, 5.74) is -0.0782. The van der Waals surface area contributed by atoms with Gasteiger partial charge in [0.15, 0.2) is 0 Å². The third-order valence-electron chi connectivity index (χ3n) is 3.07. The van der Waals surface area contributed by atoms with Crippen molar-refractivity contribution in [1.29, 1.82) is 0 Å². The molecule has 23 heavy (non-hydrogen) atoms. The van der Waals surface area contributed by atoms with Gasteiger partial charge in [0.2, 0.25) is 5.91 Å². The molecule has 0 aliphatic carbocycles. The molecule has 7 heteroatoms. The van der Waals surface area contributed by atoms with Gasteiger partial charge in [0.05, 0.1) is 12.1 Å². The molecule has 0 fully saturated rings. The predicted octanol–water partition coefficient (Wildman–Crippen LogP) is 4.09. The van der Waals surface area contributed by atoms with Crippen LogP contribution >= 0.6 is 11.6 Å². The van der Waals surface area contributed by atoms with Gasteiger partial charge in [-0.15, -0.1) is 0 Å². The third-order valence-corrected chi connectivity index (χ3v) is 3.33. The Labute approximate surface area is 136 Å². The van der Waals surface area contributed by atoms with Gasteiger partial charge in [-0.25, -0.2) is 0 Å². The topological polar surface area (TPSA) is 41.1 Å². The van der Waals surface area contributed by atoms with E-state index in [1.807, 2.05) is 0 Å². The lowest BCUT2D eigenvalue weighted by molar-refractivity contribution is -0.137. The van der Waals surface area contributed by atoms with Gasteiger partial charge in [-0.2, -0.15) is 13.2 Å². The fourth-order valence-corrected chi connectivity index (χ4v) is 2.05. The molecule has 3 nitrogen and oxygen atoms in total. The number of amides is 1. The van der Waals surface area contributed by atoms with Gasteiger partial charge in [-0.05, 0) is 29.8 Å². The molecule has 122 valence electrons. The summed E-state index contributed by atoms with van der Waals surface area (Å²) in [5, 5.41) is 5.72. The second-order valence-corrected chi connectivity index (χ2v) is 5.24. The Morgan fingerprint density at radius 2 is 1.70 bits per heavy atom. The lowest BCUT2D eigenvalue weighted by atomic mass is 10.1. The van der Waals surface area contributed by atoms with Gasteiger partial charge in [0.25, 0.3) is 0 Å². The molecule has 2 aromatic rings. The summed E-state index contributed by atoms with van der Waals surface area (Å²) in [6.45, 7) is 0.0271. The van der Waals surface area contributed by atoms with Crippen LogP contribution in [0.1, 0.15) is 11.1 Å². The van der Waals surface area contributed by atoms with E-state index in [-0.39, 0.29) is 18.8 Å². The zero-order valence-corrected chi connectivity index (χ0v) is 12.7. The van der Waals surface area contributed by atoms with E-state index in [2.05, 4.69) is 10.6 Å². The zero-order valence-electron chi connectivity index (χ0n) is 12.0. The summed E-state index contributed by atoms with van der Waals surface area (Å²) < 4.78 is 38.5. The Morgan fingerprint density at radius 3 is 2.35 bits per heavy atom. The molecule has 0 bridgehead atoms. The van der Waals surface area contributed by atoms with Crippen molar-refractivity contribution in [1.82, 2.24) is 5.32 Å². The Hall–Kier alpha value is -2.21. The van der Waals surface area contributed by atoms with Crippen LogP contribution in [0.5, 0.6) is 0 Å². The first-order chi connectivity index (χ1) is 10.9. The van der Waals surface area contributed by atoms with Crippen molar-refractivity contribution in [3.63, 3.8) is 0 Å². The van der Waals surface area contributed by atoms with E-state index in [1.165, 1.54) is 18.2 Å². The molecule has 2 rings (SSSR count). The first kappa shape index (κ1) is 17.1. The second-order valence-electron chi connectivity index (χ2n) is 4.80. The van der Waals surface area contributed by atoms with Crippen LogP contribution in [0.3, 0.4) is 0 Å². The number of para-hydroxylation sites is 1. The monoisotopic (exact) mass is 342 g/mol. The number of nitrogens with one attached hydrogen (secondary N) is 2. The highest BCUT2D eigenvalue weighted by Gasteiger charge is 2.33. The fourth-order valence-electron chi connectivity index (χ4n) is 1.93. The predicted molar refractivity (Wildman–Crippen MR) is 83.2 cm³/mol. The number of halogens is 4. The van der Waals surface area contributed by atoms with Crippen molar-refractivity contribution in [2.75, 3.05) is 11.9 Å². The number of alkyl halides is 3. The number of benzene rings is 2. The molecular weight excluding hydrogens is 329 g/mol. The molecule has 0 spiro atoms. The number of carbonyl (C=O) groups is 1. The molecule has 2 aromatic carbocycles. The number of hydrogen-bond donors (Lipinski definition) is 2. The summed E-state index contributed by atoms with van der Waals surface area (Å²) in [7, 11) is 0. The maximum absolute atomic E-state index is 12.8. The fraction of sp³-hybridized carbons (Fsp3) is 0.188. The molecule has 0 aliphatic heterocycles. The van der Waals surface area contributed by atoms with E-state index in [4.69, 9.17) is 11.6 Å². The average Bonchev–Trinajstić information content (AvgIpc) is 2.52. The van der Waals surface area contributed by atoms with Crippen LogP contribution in [-0.4, -0.2) is 12.5 Å². The molecule has 0 unspecified atom stereocenters. The minimum atomic E-state index is -4.47. The summed E-state index contributed by atoms with van der Waals surface area (Å²) in [6, 6.07) is 11.9. The zero-order chi connectivity index (χ0) is 16.9. The van der Waals surface area contributed by atoms with E-state index >= 15 is 0 Å². The number of carbonyl (C=O) groups excluding carboxylic acids is 1. The van der Waals surface area contributed by atoms with Gasteiger partial charge >= 0.3 is 6.18 Å². The third kappa shape index (κ3) is 5.17. The molecule has 0 saturated carbocycles. The molecule has 0 atom stereocenters. The standard InChI is InChI=1S/C16H14ClF3N2O/c17-12-7-5-11(6-8-12)9-22-15(23)10-21-14-4-2-1-3-13(14)16(18,19)20/h1-8,21H,9-10H2,(H,22,23). The van der Waals surface area contributed by atoms with E-state index in [0.29, 0.717) is 5.02 Å². The smallest absolute Gasteiger partial charge is 0.376 e. The highest BCUT2D eigenvalue weighted by molar-refractivity contribution is 6.30. The van der Waals surface area contributed by atoms with Crippen molar-refractivity contribution in [2.24, 2.45) is 0 Å². The van der Waals surface area contributed by atoms with Gasteiger partial charge in [-0.1, -0.05) is 35.9 Å². The van der Waals surface area contributed by atoms with Crippen molar-refractivity contribution in [2.45, 2.75) is 12.7 Å². The summed E-state index contributed by atoms with van der Waals surface area (Å²) in [4.78, 5) is 11.7. The molecule has 0 radical (unpaired) electrons. The largest absolute Gasteiger partial charge is 0.418 e. The first-order valence-corrected chi connectivity index (χ1v) is 7.15.